The summed E-state index contributed by atoms with van der Waals surface area (Å²) < 4.78 is 1.32. The van der Waals surface area contributed by atoms with Gasteiger partial charge in [-0.05, 0) is 65.5 Å². The van der Waals surface area contributed by atoms with Crippen LogP contribution in [0.1, 0.15) is 31.2 Å². The molecule has 0 saturated heterocycles. The third-order valence-corrected chi connectivity index (χ3v) is 4.27. The van der Waals surface area contributed by atoms with Crippen LogP contribution in [-0.4, -0.2) is 5.38 Å². The highest BCUT2D eigenvalue weighted by atomic mass is 127. The van der Waals surface area contributed by atoms with E-state index in [1.165, 1.54) is 41.2 Å². The van der Waals surface area contributed by atoms with E-state index in [1.54, 1.807) is 0 Å². The quantitative estimate of drug-likeness (QED) is 0.546. The van der Waals surface area contributed by atoms with E-state index in [0.717, 1.165) is 5.92 Å². The Morgan fingerprint density at radius 2 is 1.93 bits per heavy atom. The number of hydrogen-bond acceptors (Lipinski definition) is 0. The van der Waals surface area contributed by atoms with Crippen LogP contribution < -0.4 is 0 Å². The van der Waals surface area contributed by atoms with Gasteiger partial charge in [-0.2, -0.15) is 0 Å². The van der Waals surface area contributed by atoms with E-state index >= 15 is 0 Å². The molecule has 2 rings (SSSR count). The minimum atomic E-state index is 0.424. The van der Waals surface area contributed by atoms with Gasteiger partial charge < -0.3 is 0 Å². The average Bonchev–Trinajstić information content (AvgIpc) is 2.22. The predicted molar refractivity (Wildman–Crippen MR) is 74.5 cm³/mol. The molecule has 0 radical (unpaired) electrons. The van der Waals surface area contributed by atoms with Crippen molar-refractivity contribution in [1.29, 1.82) is 0 Å². The summed E-state index contributed by atoms with van der Waals surface area (Å²) in [5.74, 6) is 0.807. The molecule has 2 unspecified atom stereocenters. The van der Waals surface area contributed by atoms with Crippen LogP contribution in [0.2, 0.25) is 0 Å². The zero-order valence-corrected chi connectivity index (χ0v) is 11.7. The van der Waals surface area contributed by atoms with E-state index in [9.17, 15) is 0 Å². The highest BCUT2D eigenvalue weighted by Crippen LogP contribution is 2.30. The number of hydrogen-bond donors (Lipinski definition) is 0. The summed E-state index contributed by atoms with van der Waals surface area (Å²) in [5.41, 5.74) is 1.46. The van der Waals surface area contributed by atoms with Crippen molar-refractivity contribution in [3.63, 3.8) is 0 Å². The van der Waals surface area contributed by atoms with Gasteiger partial charge in [0.05, 0.1) is 0 Å². The Morgan fingerprint density at radius 1 is 1.20 bits per heavy atom. The average molecular weight is 335 g/mol. The van der Waals surface area contributed by atoms with Crippen LogP contribution in [0.25, 0.3) is 0 Å². The van der Waals surface area contributed by atoms with Gasteiger partial charge in [0.1, 0.15) is 0 Å². The van der Waals surface area contributed by atoms with Crippen LogP contribution in [0, 0.1) is 9.49 Å². The topological polar surface area (TPSA) is 0 Å². The van der Waals surface area contributed by atoms with Gasteiger partial charge in [0.2, 0.25) is 0 Å². The van der Waals surface area contributed by atoms with Gasteiger partial charge in [-0.1, -0.05) is 25.0 Å². The maximum absolute atomic E-state index is 6.20. The van der Waals surface area contributed by atoms with Crippen LogP contribution >= 0.6 is 34.2 Å². The van der Waals surface area contributed by atoms with E-state index in [2.05, 4.69) is 46.9 Å². The highest BCUT2D eigenvalue weighted by Gasteiger charge is 2.20. The maximum atomic E-state index is 6.20. The summed E-state index contributed by atoms with van der Waals surface area (Å²) in [4.78, 5) is 0. The summed E-state index contributed by atoms with van der Waals surface area (Å²) >= 11 is 8.55. The summed E-state index contributed by atoms with van der Waals surface area (Å²) in [6, 6.07) is 8.88. The van der Waals surface area contributed by atoms with E-state index in [0.29, 0.717) is 5.38 Å². The molecule has 0 aromatic heterocycles. The fraction of sp³-hybridized carbons (Fsp3) is 0.538. The molecule has 1 aliphatic carbocycles. The Labute approximate surface area is 111 Å². The summed E-state index contributed by atoms with van der Waals surface area (Å²) in [6.07, 6.45) is 6.29. The van der Waals surface area contributed by atoms with Crippen LogP contribution in [0.5, 0.6) is 0 Å². The normalized spacial score (nSPS) is 26.5. The molecule has 0 aliphatic heterocycles. The lowest BCUT2D eigenvalue weighted by atomic mass is 9.84. The molecule has 1 aromatic rings. The third kappa shape index (κ3) is 3.63. The molecule has 82 valence electrons. The van der Waals surface area contributed by atoms with Crippen molar-refractivity contribution in [3.05, 3.63) is 33.4 Å². The number of halogens is 2. The molecule has 2 heteroatoms. The lowest BCUT2D eigenvalue weighted by Gasteiger charge is -2.25. The Hall–Kier alpha value is 0.240. The van der Waals surface area contributed by atoms with Crippen LogP contribution in [0.4, 0.5) is 0 Å². The Bertz CT molecular complexity index is 307. The van der Waals surface area contributed by atoms with E-state index < -0.39 is 0 Å². The van der Waals surface area contributed by atoms with Crippen LogP contribution in [0.3, 0.4) is 0 Å². The maximum Gasteiger partial charge on any atom is 0.0338 e. The minimum absolute atomic E-state index is 0.424. The van der Waals surface area contributed by atoms with Crippen molar-refractivity contribution >= 4 is 34.2 Å². The molecular formula is C13H16ClI. The first kappa shape index (κ1) is 11.7. The third-order valence-electron chi connectivity index (χ3n) is 3.16. The molecule has 2 atom stereocenters. The van der Waals surface area contributed by atoms with Crippen molar-refractivity contribution in [1.82, 2.24) is 0 Å². The lowest BCUT2D eigenvalue weighted by molar-refractivity contribution is 0.361. The van der Waals surface area contributed by atoms with Gasteiger partial charge in [-0.3, -0.25) is 0 Å². The van der Waals surface area contributed by atoms with Gasteiger partial charge in [0.15, 0.2) is 0 Å². The molecule has 0 N–H and O–H groups in total. The molecule has 0 heterocycles. The fourth-order valence-electron chi connectivity index (χ4n) is 2.36. The van der Waals surface area contributed by atoms with Crippen molar-refractivity contribution in [2.45, 2.75) is 37.5 Å². The van der Waals surface area contributed by atoms with Gasteiger partial charge in [-0.15, -0.1) is 11.6 Å². The zero-order valence-electron chi connectivity index (χ0n) is 8.76. The van der Waals surface area contributed by atoms with Gasteiger partial charge in [-0.25, -0.2) is 0 Å². The van der Waals surface area contributed by atoms with Gasteiger partial charge in [0, 0.05) is 8.95 Å². The second-order valence-electron chi connectivity index (χ2n) is 4.46. The number of benzene rings is 1. The van der Waals surface area contributed by atoms with E-state index in [4.69, 9.17) is 11.6 Å². The number of rotatable bonds is 2. The smallest absolute Gasteiger partial charge is 0.0338 e. The molecule has 0 spiro atoms. The lowest BCUT2D eigenvalue weighted by Crippen LogP contribution is -2.17. The second kappa shape index (κ2) is 5.53. The molecule has 1 aromatic carbocycles. The Morgan fingerprint density at radius 3 is 2.60 bits per heavy atom. The molecule has 1 fully saturated rings. The molecule has 1 saturated carbocycles. The second-order valence-corrected chi connectivity index (χ2v) is 6.32. The first-order chi connectivity index (χ1) is 7.24. The largest absolute Gasteiger partial charge is 0.123 e. The molecule has 15 heavy (non-hydrogen) atoms. The van der Waals surface area contributed by atoms with Crippen LogP contribution in [-0.2, 0) is 6.42 Å². The number of alkyl halides is 1. The summed E-state index contributed by atoms with van der Waals surface area (Å²) in [6.45, 7) is 0. The fourth-order valence-corrected chi connectivity index (χ4v) is 3.13. The molecule has 0 bridgehead atoms. The standard InChI is InChI=1S/C13H16ClI/c14-12-3-1-2-11(9-12)8-10-4-6-13(15)7-5-10/h4-7,11-12H,1-3,8-9H2. The zero-order chi connectivity index (χ0) is 10.7. The van der Waals surface area contributed by atoms with E-state index in [-0.39, 0.29) is 0 Å². The molecule has 0 nitrogen and oxygen atoms in total. The van der Waals surface area contributed by atoms with Gasteiger partial charge >= 0.3 is 0 Å². The van der Waals surface area contributed by atoms with Crippen molar-refractivity contribution in [2.75, 3.05) is 0 Å². The van der Waals surface area contributed by atoms with Gasteiger partial charge in [0.25, 0.3) is 0 Å². The summed E-state index contributed by atoms with van der Waals surface area (Å²) in [5, 5.41) is 0.424. The minimum Gasteiger partial charge on any atom is -0.123 e. The Balaban J connectivity index is 1.93. The Kier molecular flexibility index (Phi) is 4.32. The van der Waals surface area contributed by atoms with Crippen LogP contribution in [0.15, 0.2) is 24.3 Å². The van der Waals surface area contributed by atoms with Crippen molar-refractivity contribution in [2.24, 2.45) is 5.92 Å². The van der Waals surface area contributed by atoms with Crippen molar-refractivity contribution in [3.8, 4) is 0 Å². The van der Waals surface area contributed by atoms with Crippen molar-refractivity contribution < 1.29 is 0 Å². The summed E-state index contributed by atoms with van der Waals surface area (Å²) in [7, 11) is 0. The molecule has 0 amide bonds. The monoisotopic (exact) mass is 334 g/mol. The van der Waals surface area contributed by atoms with E-state index in [1.807, 2.05) is 0 Å². The molecule has 1 aliphatic rings. The predicted octanol–water partition coefficient (Wildman–Crippen LogP) is 4.63. The SMILES string of the molecule is ClC1CCCC(Cc2ccc(I)cc2)C1. The molecular weight excluding hydrogens is 319 g/mol. The highest BCUT2D eigenvalue weighted by molar-refractivity contribution is 14.1. The first-order valence-electron chi connectivity index (χ1n) is 5.62. The first-order valence-corrected chi connectivity index (χ1v) is 7.14.